The minimum absolute atomic E-state index is 0.0292. The first-order valence-corrected chi connectivity index (χ1v) is 12.9. The maximum absolute atomic E-state index is 13.6. The predicted octanol–water partition coefficient (Wildman–Crippen LogP) is 4.06. The zero-order chi connectivity index (χ0) is 26.4. The molecule has 11 nitrogen and oxygen atoms in total. The number of halogens is 1. The highest BCUT2D eigenvalue weighted by atomic mass is 35.5. The molecular formula is C26H28ClN7O4. The summed E-state index contributed by atoms with van der Waals surface area (Å²) in [5.74, 6) is 0.482. The third-order valence-corrected chi connectivity index (χ3v) is 7.04. The van der Waals surface area contributed by atoms with Crippen LogP contribution in [0, 0.1) is 6.92 Å². The van der Waals surface area contributed by atoms with Gasteiger partial charge < -0.3 is 19.1 Å². The van der Waals surface area contributed by atoms with Crippen LogP contribution >= 0.6 is 11.6 Å². The normalized spacial score (nSPS) is 21.4. The topological polar surface area (TPSA) is 115 Å². The maximum atomic E-state index is 13.6. The summed E-state index contributed by atoms with van der Waals surface area (Å²) in [5.41, 5.74) is 3.13. The molecule has 0 radical (unpaired) electrons. The van der Waals surface area contributed by atoms with Gasteiger partial charge in [-0.15, -0.1) is 0 Å². The SMILES string of the molecule is Cc1cc(-c2nc3c(cc2Cl)N2CC[C@@H](C2)N3C(=O)Nc2cncc(OC[C@@H]3COC(C)(C)O3)n2)ccn1. The maximum Gasteiger partial charge on any atom is 0.329 e. The van der Waals surface area contributed by atoms with Crippen molar-refractivity contribution in [1.29, 1.82) is 0 Å². The molecule has 12 heteroatoms. The van der Waals surface area contributed by atoms with Gasteiger partial charge >= 0.3 is 6.03 Å². The first kappa shape index (κ1) is 24.8. The van der Waals surface area contributed by atoms with E-state index in [1.165, 1.54) is 12.4 Å². The Bertz CT molecular complexity index is 1390. The standard InChI is InChI=1S/C26H28ClN7O4/c1-15-8-16(4-6-29-15)23-19(27)9-20-24(32-23)34(17-5-7-33(20)12-17)25(35)31-21-10-28-11-22(30-21)36-13-18-14-37-26(2,3)38-18/h4,6,8-11,17-18H,5,7,12-14H2,1-3H3,(H,30,31,35)/t17-,18+/m0/s1. The molecule has 3 aliphatic rings. The predicted molar refractivity (Wildman–Crippen MR) is 142 cm³/mol. The Balaban J connectivity index is 1.23. The van der Waals surface area contributed by atoms with Crippen LogP contribution in [0.15, 0.2) is 36.8 Å². The molecule has 6 rings (SSSR count). The molecule has 2 fully saturated rings. The number of ether oxygens (including phenoxy) is 3. The largest absolute Gasteiger partial charge is 0.474 e. The Kier molecular flexibility index (Phi) is 6.29. The Morgan fingerprint density at radius 3 is 2.95 bits per heavy atom. The van der Waals surface area contributed by atoms with E-state index in [1.54, 1.807) is 11.1 Å². The molecule has 0 aromatic carbocycles. The number of aromatic nitrogens is 4. The highest BCUT2D eigenvalue weighted by Crippen LogP contribution is 2.43. The van der Waals surface area contributed by atoms with Crippen LogP contribution in [0.4, 0.5) is 22.1 Å². The lowest BCUT2D eigenvalue weighted by atomic mass is 10.1. The summed E-state index contributed by atoms with van der Waals surface area (Å²) in [6.45, 7) is 7.84. The van der Waals surface area contributed by atoms with Crippen LogP contribution in [0.2, 0.25) is 5.02 Å². The summed E-state index contributed by atoms with van der Waals surface area (Å²) < 4.78 is 17.1. The van der Waals surface area contributed by atoms with Crippen LogP contribution in [0.5, 0.6) is 5.88 Å². The smallest absolute Gasteiger partial charge is 0.329 e. The Labute approximate surface area is 225 Å². The molecule has 0 saturated carbocycles. The number of aryl methyl sites for hydroxylation is 1. The number of carbonyl (C=O) groups excluding carboxylic acids is 1. The number of hydrogen-bond acceptors (Lipinski definition) is 9. The Morgan fingerprint density at radius 2 is 2.16 bits per heavy atom. The second-order valence-electron chi connectivity index (χ2n) is 10.0. The van der Waals surface area contributed by atoms with Gasteiger partial charge in [0.2, 0.25) is 5.88 Å². The van der Waals surface area contributed by atoms with Gasteiger partial charge in [-0.3, -0.25) is 20.2 Å². The zero-order valence-corrected chi connectivity index (χ0v) is 22.1. The van der Waals surface area contributed by atoms with E-state index >= 15 is 0 Å². The second-order valence-corrected chi connectivity index (χ2v) is 10.4. The average Bonchev–Trinajstić information content (AvgIpc) is 3.46. The van der Waals surface area contributed by atoms with Crippen LogP contribution < -0.4 is 19.9 Å². The summed E-state index contributed by atoms with van der Waals surface area (Å²) in [4.78, 5) is 35.3. The molecule has 2 atom stereocenters. The molecule has 0 unspecified atom stereocenters. The third kappa shape index (κ3) is 4.84. The summed E-state index contributed by atoms with van der Waals surface area (Å²) in [6.07, 6.45) is 5.31. The zero-order valence-electron chi connectivity index (χ0n) is 21.3. The van der Waals surface area contributed by atoms with Crippen LogP contribution in [-0.4, -0.2) is 70.2 Å². The monoisotopic (exact) mass is 537 g/mol. The van der Waals surface area contributed by atoms with Crippen molar-refractivity contribution in [3.63, 3.8) is 0 Å². The van der Waals surface area contributed by atoms with E-state index in [4.69, 9.17) is 30.8 Å². The molecule has 198 valence electrons. The number of pyridine rings is 2. The number of rotatable bonds is 5. The molecular weight excluding hydrogens is 510 g/mol. The van der Waals surface area contributed by atoms with Crippen molar-refractivity contribution in [3.8, 4) is 17.1 Å². The number of nitrogens with one attached hydrogen (secondary N) is 1. The minimum atomic E-state index is -0.634. The molecule has 3 aromatic heterocycles. The number of carbonyl (C=O) groups is 1. The Hall–Kier alpha value is -3.54. The molecule has 0 spiro atoms. The van der Waals surface area contributed by atoms with Crippen molar-refractivity contribution in [2.24, 2.45) is 0 Å². The lowest BCUT2D eigenvalue weighted by Crippen LogP contribution is -2.48. The summed E-state index contributed by atoms with van der Waals surface area (Å²) in [5, 5.41) is 3.40. The van der Waals surface area contributed by atoms with Gasteiger partial charge in [-0.1, -0.05) is 11.6 Å². The molecule has 1 N–H and O–H groups in total. The molecule has 3 aromatic rings. The molecule has 0 aliphatic carbocycles. The van der Waals surface area contributed by atoms with Gasteiger partial charge in [-0.25, -0.2) is 9.78 Å². The number of anilines is 3. The fraction of sp³-hybridized carbons (Fsp3) is 0.423. The summed E-state index contributed by atoms with van der Waals surface area (Å²) >= 11 is 6.67. The van der Waals surface area contributed by atoms with Crippen molar-refractivity contribution in [1.82, 2.24) is 19.9 Å². The van der Waals surface area contributed by atoms with E-state index in [2.05, 4.69) is 25.2 Å². The van der Waals surface area contributed by atoms with Gasteiger partial charge in [-0.2, -0.15) is 4.98 Å². The van der Waals surface area contributed by atoms with Crippen molar-refractivity contribution in [2.75, 3.05) is 41.4 Å². The minimum Gasteiger partial charge on any atom is -0.474 e. The van der Waals surface area contributed by atoms with Crippen LogP contribution in [0.1, 0.15) is 26.0 Å². The van der Waals surface area contributed by atoms with E-state index in [0.717, 1.165) is 29.9 Å². The summed E-state index contributed by atoms with van der Waals surface area (Å²) in [7, 11) is 0. The first-order valence-electron chi connectivity index (χ1n) is 12.5. The molecule has 6 heterocycles. The van der Waals surface area contributed by atoms with Crippen molar-refractivity contribution < 1.29 is 19.0 Å². The van der Waals surface area contributed by atoms with E-state index in [-0.39, 0.29) is 36.5 Å². The van der Waals surface area contributed by atoms with Crippen LogP contribution in [0.3, 0.4) is 0 Å². The van der Waals surface area contributed by atoms with E-state index < -0.39 is 5.79 Å². The molecule has 2 saturated heterocycles. The number of urea groups is 1. The average molecular weight is 538 g/mol. The molecule has 38 heavy (non-hydrogen) atoms. The number of nitrogens with zero attached hydrogens (tertiary/aromatic N) is 6. The fourth-order valence-electron chi connectivity index (χ4n) is 5.05. The van der Waals surface area contributed by atoms with Crippen LogP contribution in [-0.2, 0) is 9.47 Å². The second kappa shape index (κ2) is 9.64. The highest BCUT2D eigenvalue weighted by Gasteiger charge is 2.41. The van der Waals surface area contributed by atoms with Crippen molar-refractivity contribution in [2.45, 2.75) is 45.1 Å². The third-order valence-electron chi connectivity index (χ3n) is 6.75. The van der Waals surface area contributed by atoms with Gasteiger partial charge in [0.05, 0.1) is 41.4 Å². The fourth-order valence-corrected chi connectivity index (χ4v) is 5.31. The van der Waals surface area contributed by atoms with Gasteiger partial charge in [0, 0.05) is 30.5 Å². The molecule has 2 amide bonds. The quantitative estimate of drug-likeness (QED) is 0.514. The number of hydrogen-bond donors (Lipinski definition) is 1. The number of fused-ring (bicyclic) bond motifs is 4. The number of amides is 2. The lowest BCUT2D eigenvalue weighted by molar-refractivity contribution is -0.141. The van der Waals surface area contributed by atoms with Gasteiger partial charge in [0.15, 0.2) is 17.4 Å². The first-order chi connectivity index (χ1) is 18.3. The van der Waals surface area contributed by atoms with Crippen molar-refractivity contribution >= 4 is 35.0 Å². The molecule has 2 bridgehead atoms. The highest BCUT2D eigenvalue weighted by molar-refractivity contribution is 6.33. The van der Waals surface area contributed by atoms with Crippen LogP contribution in [0.25, 0.3) is 11.3 Å². The van der Waals surface area contributed by atoms with Crippen molar-refractivity contribution in [3.05, 3.63) is 47.5 Å². The van der Waals surface area contributed by atoms with E-state index in [0.29, 0.717) is 29.7 Å². The lowest BCUT2D eigenvalue weighted by Gasteiger charge is -2.36. The van der Waals surface area contributed by atoms with Gasteiger partial charge in [-0.05, 0) is 45.4 Å². The van der Waals surface area contributed by atoms with E-state index in [9.17, 15) is 4.79 Å². The van der Waals surface area contributed by atoms with Gasteiger partial charge in [0.25, 0.3) is 0 Å². The van der Waals surface area contributed by atoms with E-state index in [1.807, 2.05) is 39.0 Å². The molecule has 3 aliphatic heterocycles. The summed E-state index contributed by atoms with van der Waals surface area (Å²) in [6, 6.07) is 5.30. The Morgan fingerprint density at radius 1 is 1.29 bits per heavy atom. The van der Waals surface area contributed by atoms with Gasteiger partial charge in [0.1, 0.15) is 12.7 Å².